The van der Waals surface area contributed by atoms with Crippen molar-refractivity contribution >= 4 is 16.1 Å². The zero-order chi connectivity index (χ0) is 15.6. The molecule has 2 aromatic carbocycles. The molecule has 1 atom stereocenters. The van der Waals surface area contributed by atoms with E-state index >= 15 is 0 Å². The highest BCUT2D eigenvalue weighted by molar-refractivity contribution is 7.93. The van der Waals surface area contributed by atoms with Crippen LogP contribution in [-0.4, -0.2) is 8.42 Å². The largest absolute Gasteiger partial charge is 0.237 e. The fourth-order valence-corrected chi connectivity index (χ4v) is 4.14. The van der Waals surface area contributed by atoms with Gasteiger partial charge >= 0.3 is 0 Å². The van der Waals surface area contributed by atoms with Gasteiger partial charge in [-0.15, -0.1) is 0 Å². The summed E-state index contributed by atoms with van der Waals surface area (Å²) in [5, 5.41) is 0. The van der Waals surface area contributed by atoms with E-state index in [4.69, 9.17) is 0 Å². The van der Waals surface area contributed by atoms with E-state index in [1.165, 1.54) is 5.56 Å². The molecule has 0 aromatic heterocycles. The molecule has 1 aliphatic rings. The van der Waals surface area contributed by atoms with Crippen LogP contribution < -0.4 is 4.72 Å². The lowest BCUT2D eigenvalue weighted by molar-refractivity contribution is 0.571. The maximum absolute atomic E-state index is 12.6. The van der Waals surface area contributed by atoms with Crippen LogP contribution in [0.15, 0.2) is 59.5 Å². The molecule has 0 saturated heterocycles. The van der Waals surface area contributed by atoms with Crippen LogP contribution in [-0.2, 0) is 16.4 Å². The van der Waals surface area contributed by atoms with E-state index in [9.17, 15) is 8.42 Å². The first-order valence-electron chi connectivity index (χ1n) is 7.42. The van der Waals surface area contributed by atoms with Gasteiger partial charge in [-0.1, -0.05) is 54.6 Å². The zero-order valence-electron chi connectivity index (χ0n) is 12.5. The fraction of sp³-hybridized carbons (Fsp3) is 0.222. The van der Waals surface area contributed by atoms with Gasteiger partial charge < -0.3 is 0 Å². The second-order valence-electron chi connectivity index (χ2n) is 5.56. The Labute approximate surface area is 131 Å². The molecule has 0 amide bonds. The summed E-state index contributed by atoms with van der Waals surface area (Å²) in [4.78, 5) is 0.467. The molecule has 2 aromatic rings. The lowest BCUT2D eigenvalue weighted by atomic mass is 9.98. The molecule has 0 radical (unpaired) electrons. The van der Waals surface area contributed by atoms with E-state index < -0.39 is 10.0 Å². The molecule has 0 saturated carbocycles. The molecule has 1 unspecified atom stereocenters. The predicted octanol–water partition coefficient (Wildman–Crippen LogP) is 3.65. The van der Waals surface area contributed by atoms with Gasteiger partial charge in [0.2, 0.25) is 10.0 Å². The molecule has 22 heavy (non-hydrogen) atoms. The summed E-state index contributed by atoms with van der Waals surface area (Å²) in [7, 11) is -3.46. The molecular weight excluding hydrogens is 294 g/mol. The van der Waals surface area contributed by atoms with E-state index in [2.05, 4.69) is 10.8 Å². The average molecular weight is 313 g/mol. The van der Waals surface area contributed by atoms with Crippen molar-refractivity contribution in [3.63, 3.8) is 0 Å². The molecule has 4 heteroatoms. The highest BCUT2D eigenvalue weighted by Crippen LogP contribution is 2.27. The third kappa shape index (κ3) is 3.13. The van der Waals surface area contributed by atoms with Gasteiger partial charge in [0, 0.05) is 6.04 Å². The van der Waals surface area contributed by atoms with Gasteiger partial charge in [-0.25, -0.2) is 13.1 Å². The van der Waals surface area contributed by atoms with E-state index in [1.807, 2.05) is 55.5 Å². The van der Waals surface area contributed by atoms with Gasteiger partial charge in [0.1, 0.15) is 0 Å². The highest BCUT2D eigenvalue weighted by Gasteiger charge is 2.23. The Bertz CT molecular complexity index is 795. The molecule has 0 bridgehead atoms. The van der Waals surface area contributed by atoms with E-state index in [1.54, 1.807) is 6.08 Å². The van der Waals surface area contributed by atoms with E-state index in [0.29, 0.717) is 11.3 Å². The molecule has 1 N–H and O–H groups in total. The van der Waals surface area contributed by atoms with Crippen LogP contribution in [0.3, 0.4) is 0 Å². The third-order valence-corrected chi connectivity index (χ3v) is 5.67. The molecule has 114 valence electrons. The lowest BCUT2D eigenvalue weighted by Gasteiger charge is -2.20. The minimum Gasteiger partial charge on any atom is -0.207 e. The Balaban J connectivity index is 1.84. The maximum atomic E-state index is 12.6. The number of nitrogens with one attached hydrogen (secondary N) is 1. The van der Waals surface area contributed by atoms with Crippen LogP contribution >= 0.6 is 0 Å². The topological polar surface area (TPSA) is 46.2 Å². The third-order valence-electron chi connectivity index (χ3n) is 3.99. The lowest BCUT2D eigenvalue weighted by Crippen LogP contribution is -2.28. The first-order valence-corrected chi connectivity index (χ1v) is 8.90. The fourth-order valence-electron chi connectivity index (χ4n) is 2.74. The minimum absolute atomic E-state index is 0.246. The summed E-state index contributed by atoms with van der Waals surface area (Å²) in [6, 6.07) is 17.3. The van der Waals surface area contributed by atoms with Crippen molar-refractivity contribution in [3.05, 3.63) is 76.2 Å². The number of sulfonamides is 1. The molecule has 0 spiro atoms. The van der Waals surface area contributed by atoms with Gasteiger partial charge in [0.15, 0.2) is 0 Å². The first kappa shape index (κ1) is 15.0. The van der Waals surface area contributed by atoms with Crippen LogP contribution in [0, 0.1) is 0 Å². The van der Waals surface area contributed by atoms with Crippen LogP contribution in [0.4, 0.5) is 0 Å². The normalized spacial score (nSPS) is 15.8. The Morgan fingerprint density at radius 3 is 2.41 bits per heavy atom. The van der Waals surface area contributed by atoms with Crippen molar-refractivity contribution in [1.29, 1.82) is 0 Å². The molecule has 3 rings (SSSR count). The summed E-state index contributed by atoms with van der Waals surface area (Å²) < 4.78 is 28.0. The number of benzene rings is 2. The Hall–Kier alpha value is -1.91. The molecule has 3 nitrogen and oxygen atoms in total. The van der Waals surface area contributed by atoms with Crippen LogP contribution in [0.25, 0.3) is 6.08 Å². The van der Waals surface area contributed by atoms with Gasteiger partial charge in [-0.3, -0.25) is 0 Å². The smallest absolute Gasteiger partial charge is 0.207 e. The number of aryl methyl sites for hydroxylation is 1. The van der Waals surface area contributed by atoms with Gasteiger partial charge in [-0.05, 0) is 42.5 Å². The van der Waals surface area contributed by atoms with Gasteiger partial charge in [0.05, 0.1) is 4.91 Å². The quantitative estimate of drug-likeness (QED) is 0.936. The van der Waals surface area contributed by atoms with Crippen molar-refractivity contribution in [1.82, 2.24) is 4.72 Å². The van der Waals surface area contributed by atoms with Gasteiger partial charge in [-0.2, -0.15) is 0 Å². The summed E-state index contributed by atoms with van der Waals surface area (Å²) in [5.74, 6) is 0. The number of hydrogen-bond acceptors (Lipinski definition) is 2. The predicted molar refractivity (Wildman–Crippen MR) is 89.7 cm³/mol. The van der Waals surface area contributed by atoms with E-state index in [0.717, 1.165) is 17.5 Å². The maximum Gasteiger partial charge on any atom is 0.237 e. The summed E-state index contributed by atoms with van der Waals surface area (Å²) >= 11 is 0. The number of fused-ring (bicyclic) bond motifs is 1. The minimum atomic E-state index is -3.46. The average Bonchev–Trinajstić information content (AvgIpc) is 2.55. The Morgan fingerprint density at radius 1 is 0.955 bits per heavy atom. The number of hydrogen-bond donors (Lipinski definition) is 1. The number of rotatable bonds is 4. The molecule has 0 fully saturated rings. The van der Waals surface area contributed by atoms with Crippen molar-refractivity contribution in [2.75, 3.05) is 0 Å². The second-order valence-corrected chi connectivity index (χ2v) is 7.33. The molecule has 1 aliphatic carbocycles. The van der Waals surface area contributed by atoms with Crippen molar-refractivity contribution < 1.29 is 8.42 Å². The number of allylic oxidation sites excluding steroid dienone is 1. The molecule has 0 heterocycles. The first-order chi connectivity index (χ1) is 10.6. The summed E-state index contributed by atoms with van der Waals surface area (Å²) in [6.07, 6.45) is 3.11. The van der Waals surface area contributed by atoms with Crippen molar-refractivity contribution in [3.8, 4) is 0 Å². The second kappa shape index (κ2) is 6.07. The monoisotopic (exact) mass is 313 g/mol. The van der Waals surface area contributed by atoms with Crippen LogP contribution in [0.2, 0.25) is 0 Å². The van der Waals surface area contributed by atoms with Crippen molar-refractivity contribution in [2.24, 2.45) is 0 Å². The van der Waals surface area contributed by atoms with Crippen LogP contribution in [0.1, 0.15) is 36.1 Å². The SMILES string of the molecule is CC(NS(=O)(=O)C1=Cc2ccccc2CC1)c1ccccc1. The van der Waals surface area contributed by atoms with Crippen LogP contribution in [0.5, 0.6) is 0 Å². The molecular formula is C18H19NO2S. The van der Waals surface area contributed by atoms with Gasteiger partial charge in [0.25, 0.3) is 0 Å². The van der Waals surface area contributed by atoms with Crippen molar-refractivity contribution in [2.45, 2.75) is 25.8 Å². The zero-order valence-corrected chi connectivity index (χ0v) is 13.3. The standard InChI is InChI=1S/C18H19NO2S/c1-14(15-7-3-2-4-8-15)19-22(20,21)18-12-11-16-9-5-6-10-17(16)13-18/h2-10,13-14,19H,11-12H2,1H3. The molecule has 0 aliphatic heterocycles. The van der Waals surface area contributed by atoms with E-state index in [-0.39, 0.29) is 6.04 Å². The summed E-state index contributed by atoms with van der Waals surface area (Å²) in [5.41, 5.74) is 3.17. The summed E-state index contributed by atoms with van der Waals surface area (Å²) in [6.45, 7) is 1.87. The Kier molecular flexibility index (Phi) is 4.14. The Morgan fingerprint density at radius 2 is 1.64 bits per heavy atom. The highest BCUT2D eigenvalue weighted by atomic mass is 32.2.